The number of aromatic nitrogens is 4. The quantitative estimate of drug-likeness (QED) is 0.630. The average molecular weight is 418 g/mol. The smallest absolute Gasteiger partial charge is 0.255 e. The van der Waals surface area contributed by atoms with Crippen molar-refractivity contribution in [3.63, 3.8) is 0 Å². The minimum atomic E-state index is -0.641. The van der Waals surface area contributed by atoms with Gasteiger partial charge in [0.25, 0.3) is 5.91 Å². The highest BCUT2D eigenvalue weighted by atomic mass is 16.5. The standard InChI is InChI=1S/C21H18N6O4/c1-31-19-4-2-3-15(22-19)16-11-27(25-24-16)13-6-5-12-10-26(21(30)14(12)9-13)17-7-8-18(28)23-20(17)29/h2-6,9,11,17H,7-8,10H2,1H3,(H,23,28,29). The zero-order valence-corrected chi connectivity index (χ0v) is 16.6. The van der Waals surface area contributed by atoms with Gasteiger partial charge in [-0.1, -0.05) is 17.3 Å². The van der Waals surface area contributed by atoms with Crippen molar-refractivity contribution >= 4 is 17.7 Å². The molecule has 5 rings (SSSR count). The van der Waals surface area contributed by atoms with Gasteiger partial charge in [-0.25, -0.2) is 9.67 Å². The van der Waals surface area contributed by atoms with E-state index < -0.39 is 11.9 Å². The number of pyridine rings is 1. The van der Waals surface area contributed by atoms with Crippen molar-refractivity contribution in [1.82, 2.24) is 30.2 Å². The predicted octanol–water partition coefficient (Wildman–Crippen LogP) is 1.10. The number of nitrogens with zero attached hydrogens (tertiary/aromatic N) is 5. The molecule has 1 aromatic carbocycles. The van der Waals surface area contributed by atoms with Crippen LogP contribution >= 0.6 is 0 Å². The Hall–Kier alpha value is -4.08. The summed E-state index contributed by atoms with van der Waals surface area (Å²) in [6.45, 7) is 0.330. The molecule has 1 saturated heterocycles. The maximum atomic E-state index is 13.0. The van der Waals surface area contributed by atoms with Crippen LogP contribution in [0.4, 0.5) is 0 Å². The predicted molar refractivity (Wildman–Crippen MR) is 107 cm³/mol. The lowest BCUT2D eigenvalue weighted by Crippen LogP contribution is -2.52. The van der Waals surface area contributed by atoms with Gasteiger partial charge >= 0.3 is 0 Å². The Labute approximate surface area is 176 Å². The third kappa shape index (κ3) is 3.31. The number of benzene rings is 1. The molecule has 2 aliphatic rings. The van der Waals surface area contributed by atoms with E-state index in [0.717, 1.165) is 5.56 Å². The zero-order chi connectivity index (χ0) is 21.5. The van der Waals surface area contributed by atoms with Crippen molar-refractivity contribution in [2.24, 2.45) is 0 Å². The number of ether oxygens (including phenoxy) is 1. The maximum absolute atomic E-state index is 13.0. The maximum Gasteiger partial charge on any atom is 0.255 e. The fourth-order valence-corrected chi connectivity index (χ4v) is 3.86. The largest absolute Gasteiger partial charge is 0.481 e. The number of fused-ring (bicyclic) bond motifs is 1. The Bertz CT molecular complexity index is 1220. The van der Waals surface area contributed by atoms with Crippen molar-refractivity contribution in [3.8, 4) is 23.0 Å². The molecule has 1 fully saturated rings. The van der Waals surface area contributed by atoms with Crippen molar-refractivity contribution in [1.29, 1.82) is 0 Å². The monoisotopic (exact) mass is 418 g/mol. The highest BCUT2D eigenvalue weighted by molar-refractivity contribution is 6.05. The van der Waals surface area contributed by atoms with E-state index in [0.29, 0.717) is 41.5 Å². The number of hydrogen-bond acceptors (Lipinski definition) is 7. The molecule has 3 aromatic rings. The van der Waals surface area contributed by atoms with Crippen LogP contribution in [0.1, 0.15) is 28.8 Å². The molecule has 0 radical (unpaired) electrons. The fourth-order valence-electron chi connectivity index (χ4n) is 3.86. The zero-order valence-electron chi connectivity index (χ0n) is 16.6. The molecule has 3 amide bonds. The van der Waals surface area contributed by atoms with Crippen LogP contribution in [-0.4, -0.2) is 55.8 Å². The molecule has 0 bridgehead atoms. The van der Waals surface area contributed by atoms with Crippen LogP contribution in [0.15, 0.2) is 42.6 Å². The molecule has 2 aliphatic heterocycles. The SMILES string of the molecule is COc1cccc(-c2cn(-c3ccc4c(c3)C(=O)N(C3CCC(=O)NC3=O)C4)nn2)n1. The van der Waals surface area contributed by atoms with Gasteiger partial charge in [0.2, 0.25) is 17.7 Å². The van der Waals surface area contributed by atoms with Gasteiger partial charge in [0.05, 0.1) is 24.7 Å². The van der Waals surface area contributed by atoms with Gasteiger partial charge in [0.1, 0.15) is 11.7 Å². The number of carbonyl (C=O) groups excluding carboxylic acids is 3. The van der Waals surface area contributed by atoms with Gasteiger partial charge in [0, 0.05) is 24.6 Å². The number of nitrogens with one attached hydrogen (secondary N) is 1. The number of methoxy groups -OCH3 is 1. The fraction of sp³-hybridized carbons (Fsp3) is 0.238. The number of piperidine rings is 1. The van der Waals surface area contributed by atoms with Crippen LogP contribution in [-0.2, 0) is 16.1 Å². The van der Waals surface area contributed by atoms with Gasteiger partial charge in [-0.2, -0.15) is 0 Å². The highest BCUT2D eigenvalue weighted by Crippen LogP contribution is 2.29. The molecule has 156 valence electrons. The van der Waals surface area contributed by atoms with E-state index in [1.54, 1.807) is 36.2 Å². The van der Waals surface area contributed by atoms with Crippen LogP contribution in [0.2, 0.25) is 0 Å². The Morgan fingerprint density at radius 3 is 2.81 bits per heavy atom. The summed E-state index contributed by atoms with van der Waals surface area (Å²) < 4.78 is 6.72. The van der Waals surface area contributed by atoms with Crippen LogP contribution < -0.4 is 10.1 Å². The van der Waals surface area contributed by atoms with Gasteiger partial charge < -0.3 is 9.64 Å². The molecule has 10 nitrogen and oxygen atoms in total. The lowest BCUT2D eigenvalue weighted by Gasteiger charge is -2.29. The molecular formula is C21H18N6O4. The summed E-state index contributed by atoms with van der Waals surface area (Å²) in [6.07, 6.45) is 2.28. The Morgan fingerprint density at radius 1 is 1.13 bits per heavy atom. The molecule has 1 unspecified atom stereocenters. The number of rotatable bonds is 4. The average Bonchev–Trinajstić information content (AvgIpc) is 3.39. The van der Waals surface area contributed by atoms with E-state index in [2.05, 4.69) is 20.6 Å². The Balaban J connectivity index is 1.41. The summed E-state index contributed by atoms with van der Waals surface area (Å²) in [7, 11) is 1.54. The number of carbonyl (C=O) groups is 3. The molecule has 0 saturated carbocycles. The van der Waals surface area contributed by atoms with E-state index in [1.165, 1.54) is 4.90 Å². The minimum absolute atomic E-state index is 0.224. The number of imide groups is 1. The van der Waals surface area contributed by atoms with Crippen molar-refractivity contribution in [2.45, 2.75) is 25.4 Å². The van der Waals surface area contributed by atoms with E-state index in [9.17, 15) is 14.4 Å². The van der Waals surface area contributed by atoms with Crippen molar-refractivity contribution in [2.75, 3.05) is 7.11 Å². The molecule has 1 N–H and O–H groups in total. The lowest BCUT2D eigenvalue weighted by atomic mass is 10.0. The second-order valence-electron chi connectivity index (χ2n) is 7.35. The van der Waals surface area contributed by atoms with Crippen LogP contribution in [0, 0.1) is 0 Å². The third-order valence-corrected chi connectivity index (χ3v) is 5.46. The molecule has 1 atom stereocenters. The molecule has 2 aromatic heterocycles. The molecule has 4 heterocycles. The number of amides is 3. The first-order valence-corrected chi connectivity index (χ1v) is 9.75. The van der Waals surface area contributed by atoms with Gasteiger partial charge in [0.15, 0.2) is 0 Å². The first kappa shape index (κ1) is 18.9. The van der Waals surface area contributed by atoms with Gasteiger partial charge in [-0.3, -0.25) is 19.7 Å². The van der Waals surface area contributed by atoms with E-state index in [-0.39, 0.29) is 18.2 Å². The van der Waals surface area contributed by atoms with E-state index in [4.69, 9.17) is 4.74 Å². The van der Waals surface area contributed by atoms with Gasteiger partial charge in [-0.05, 0) is 30.2 Å². The summed E-state index contributed by atoms with van der Waals surface area (Å²) in [5.74, 6) is -0.491. The summed E-state index contributed by atoms with van der Waals surface area (Å²) in [6, 6.07) is 10.2. The van der Waals surface area contributed by atoms with Crippen molar-refractivity contribution in [3.05, 3.63) is 53.7 Å². The summed E-state index contributed by atoms with van der Waals surface area (Å²) in [5.41, 5.74) is 3.19. The van der Waals surface area contributed by atoms with E-state index in [1.807, 2.05) is 18.2 Å². The second-order valence-corrected chi connectivity index (χ2v) is 7.35. The summed E-state index contributed by atoms with van der Waals surface area (Å²) >= 11 is 0. The van der Waals surface area contributed by atoms with Crippen LogP contribution in [0.3, 0.4) is 0 Å². The Kier molecular flexibility index (Phi) is 4.46. The second kappa shape index (κ2) is 7.31. The van der Waals surface area contributed by atoms with Gasteiger partial charge in [-0.15, -0.1) is 5.10 Å². The summed E-state index contributed by atoms with van der Waals surface area (Å²) in [4.78, 5) is 42.5. The lowest BCUT2D eigenvalue weighted by molar-refractivity contribution is -0.136. The highest BCUT2D eigenvalue weighted by Gasteiger charge is 2.39. The first-order chi connectivity index (χ1) is 15.0. The van der Waals surface area contributed by atoms with Crippen molar-refractivity contribution < 1.29 is 19.1 Å². The molecular weight excluding hydrogens is 400 g/mol. The molecule has 0 spiro atoms. The summed E-state index contributed by atoms with van der Waals surface area (Å²) in [5, 5.41) is 10.6. The first-order valence-electron chi connectivity index (χ1n) is 9.75. The van der Waals surface area contributed by atoms with Crippen LogP contribution in [0.5, 0.6) is 5.88 Å². The normalized spacial score (nSPS) is 18.2. The topological polar surface area (TPSA) is 119 Å². The molecule has 31 heavy (non-hydrogen) atoms. The Morgan fingerprint density at radius 2 is 2.00 bits per heavy atom. The number of hydrogen-bond donors (Lipinski definition) is 1. The third-order valence-electron chi connectivity index (χ3n) is 5.46. The van der Waals surface area contributed by atoms with Crippen LogP contribution in [0.25, 0.3) is 17.1 Å². The molecule has 0 aliphatic carbocycles. The molecule has 10 heteroatoms. The van der Waals surface area contributed by atoms with E-state index >= 15 is 0 Å². The minimum Gasteiger partial charge on any atom is -0.481 e.